The maximum absolute atomic E-state index is 4.65. The van der Waals surface area contributed by atoms with E-state index in [1.807, 2.05) is 0 Å². The summed E-state index contributed by atoms with van der Waals surface area (Å²) in [5, 5.41) is 2.50. The Balaban J connectivity index is 2.70. The molecule has 0 aromatic heterocycles. The van der Waals surface area contributed by atoms with Crippen LogP contribution >= 0.6 is 12.2 Å². The van der Waals surface area contributed by atoms with Gasteiger partial charge in [-0.1, -0.05) is 25.5 Å². The van der Waals surface area contributed by atoms with Crippen molar-refractivity contribution in [3.8, 4) is 0 Å². The van der Waals surface area contributed by atoms with Gasteiger partial charge in [0.2, 0.25) is 0 Å². The molecule has 0 spiro atoms. The van der Waals surface area contributed by atoms with Crippen molar-refractivity contribution in [2.45, 2.75) is 45.6 Å². The second-order valence-corrected chi connectivity index (χ2v) is 4.52. The van der Waals surface area contributed by atoms with Crippen LogP contribution in [0, 0.1) is 5.92 Å². The van der Waals surface area contributed by atoms with Crippen LogP contribution in [0.5, 0.6) is 0 Å². The average molecular weight is 195 g/mol. The monoisotopic (exact) mass is 195 g/mol. The van der Waals surface area contributed by atoms with Gasteiger partial charge < -0.3 is 0 Å². The van der Waals surface area contributed by atoms with E-state index >= 15 is 0 Å². The molecule has 1 aliphatic rings. The molecule has 0 fully saturated rings. The van der Waals surface area contributed by atoms with Crippen molar-refractivity contribution >= 4 is 17.4 Å². The van der Waals surface area contributed by atoms with E-state index in [0.717, 1.165) is 19.3 Å². The van der Waals surface area contributed by atoms with E-state index in [4.69, 9.17) is 0 Å². The minimum absolute atomic E-state index is 0.0279. The normalized spacial score (nSPS) is 28.2. The van der Waals surface area contributed by atoms with E-state index in [-0.39, 0.29) is 5.54 Å². The molecule has 1 atom stereocenters. The molecule has 0 amide bonds. The van der Waals surface area contributed by atoms with E-state index in [0.29, 0.717) is 5.92 Å². The average Bonchev–Trinajstić information content (AvgIpc) is 2.05. The molecular formula is C11H17NS. The summed E-state index contributed by atoms with van der Waals surface area (Å²) in [7, 11) is 0. The van der Waals surface area contributed by atoms with E-state index in [1.54, 1.807) is 5.57 Å². The van der Waals surface area contributed by atoms with E-state index in [1.165, 1.54) is 0 Å². The first-order valence-corrected chi connectivity index (χ1v) is 5.26. The number of allylic oxidation sites excluding steroid dienone is 1. The van der Waals surface area contributed by atoms with E-state index < -0.39 is 0 Å². The van der Waals surface area contributed by atoms with Crippen molar-refractivity contribution in [2.24, 2.45) is 10.9 Å². The molecule has 13 heavy (non-hydrogen) atoms. The summed E-state index contributed by atoms with van der Waals surface area (Å²) in [5.74, 6) is 0.681. The third kappa shape index (κ3) is 2.75. The summed E-state index contributed by atoms with van der Waals surface area (Å²) in [6, 6.07) is 0. The Morgan fingerprint density at radius 2 is 2.31 bits per heavy atom. The maximum Gasteiger partial charge on any atom is 0.0720 e. The zero-order chi connectivity index (χ0) is 9.90. The fraction of sp³-hybridized carbons (Fsp3) is 0.727. The van der Waals surface area contributed by atoms with Gasteiger partial charge in [0.1, 0.15) is 0 Å². The number of isothiocyanates is 1. The third-order valence-corrected chi connectivity index (χ3v) is 2.90. The van der Waals surface area contributed by atoms with Crippen LogP contribution in [-0.2, 0) is 0 Å². The molecule has 0 aliphatic heterocycles. The molecule has 0 aromatic carbocycles. The van der Waals surface area contributed by atoms with Crippen molar-refractivity contribution in [3.63, 3.8) is 0 Å². The van der Waals surface area contributed by atoms with Crippen LogP contribution in [0.25, 0.3) is 0 Å². The smallest absolute Gasteiger partial charge is 0.0720 e. The first-order chi connectivity index (χ1) is 6.07. The largest absolute Gasteiger partial charge is 0.226 e. The molecule has 1 rings (SSSR count). The molecular weight excluding hydrogens is 178 g/mol. The Hall–Kier alpha value is -0.460. The quantitative estimate of drug-likeness (QED) is 0.372. The number of thiocarbonyl (C=S) groups is 1. The summed E-state index contributed by atoms with van der Waals surface area (Å²) in [6.07, 6.45) is 5.61. The lowest BCUT2D eigenvalue weighted by molar-refractivity contribution is 0.412. The van der Waals surface area contributed by atoms with Crippen molar-refractivity contribution in [1.82, 2.24) is 0 Å². The molecule has 0 bridgehead atoms. The Morgan fingerprint density at radius 3 is 2.69 bits per heavy atom. The predicted octanol–water partition coefficient (Wildman–Crippen LogP) is 3.61. The summed E-state index contributed by atoms with van der Waals surface area (Å²) in [5.41, 5.74) is 1.59. The number of hydrogen-bond acceptors (Lipinski definition) is 2. The van der Waals surface area contributed by atoms with E-state index in [2.05, 4.69) is 49.2 Å². The van der Waals surface area contributed by atoms with Crippen molar-refractivity contribution < 1.29 is 0 Å². The lowest BCUT2D eigenvalue weighted by atomic mass is 9.81. The molecule has 0 aromatic rings. The highest BCUT2D eigenvalue weighted by Crippen LogP contribution is 2.32. The first-order valence-electron chi connectivity index (χ1n) is 4.85. The van der Waals surface area contributed by atoms with Crippen molar-refractivity contribution in [2.75, 3.05) is 0 Å². The van der Waals surface area contributed by atoms with Crippen LogP contribution in [-0.4, -0.2) is 10.7 Å². The molecule has 1 nitrogen and oxygen atoms in total. The van der Waals surface area contributed by atoms with Crippen LogP contribution in [0.15, 0.2) is 16.6 Å². The third-order valence-electron chi connectivity index (χ3n) is 2.81. The van der Waals surface area contributed by atoms with Crippen LogP contribution in [0.2, 0.25) is 0 Å². The molecule has 72 valence electrons. The second kappa shape index (κ2) is 4.17. The predicted molar refractivity (Wildman–Crippen MR) is 60.2 cm³/mol. The molecule has 0 saturated carbocycles. The standard InChI is InChI=1S/C11H17NS/c1-9(2)10-4-6-11(3,7-5-10)12-8-13/h4,9H,5-7H2,1-3H3. The van der Waals surface area contributed by atoms with Gasteiger partial charge in [-0.3, -0.25) is 0 Å². The van der Waals surface area contributed by atoms with Gasteiger partial charge in [-0.05, 0) is 44.3 Å². The molecule has 0 saturated heterocycles. The zero-order valence-corrected chi connectivity index (χ0v) is 9.45. The Labute approximate surface area is 85.9 Å². The lowest BCUT2D eigenvalue weighted by Crippen LogP contribution is -2.24. The molecule has 0 radical (unpaired) electrons. The molecule has 1 unspecified atom stereocenters. The van der Waals surface area contributed by atoms with Crippen LogP contribution in [0.1, 0.15) is 40.0 Å². The molecule has 1 aliphatic carbocycles. The van der Waals surface area contributed by atoms with Gasteiger partial charge in [0, 0.05) is 0 Å². The summed E-state index contributed by atoms with van der Waals surface area (Å²) in [6.45, 7) is 6.65. The maximum atomic E-state index is 4.65. The van der Waals surface area contributed by atoms with Gasteiger partial charge in [0.15, 0.2) is 0 Å². The Bertz CT molecular complexity index is 261. The number of hydrogen-bond donors (Lipinski definition) is 0. The van der Waals surface area contributed by atoms with Gasteiger partial charge in [0.25, 0.3) is 0 Å². The highest BCUT2D eigenvalue weighted by molar-refractivity contribution is 7.78. The summed E-state index contributed by atoms with van der Waals surface area (Å²) in [4.78, 5) is 4.23. The topological polar surface area (TPSA) is 12.4 Å². The van der Waals surface area contributed by atoms with Gasteiger partial charge in [0.05, 0.1) is 10.7 Å². The van der Waals surface area contributed by atoms with Gasteiger partial charge in [-0.15, -0.1) is 0 Å². The van der Waals surface area contributed by atoms with Gasteiger partial charge in [-0.2, -0.15) is 0 Å². The van der Waals surface area contributed by atoms with Crippen LogP contribution in [0.3, 0.4) is 0 Å². The van der Waals surface area contributed by atoms with Crippen molar-refractivity contribution in [1.29, 1.82) is 0 Å². The van der Waals surface area contributed by atoms with Crippen LogP contribution in [0.4, 0.5) is 0 Å². The summed E-state index contributed by atoms with van der Waals surface area (Å²) >= 11 is 4.65. The lowest BCUT2D eigenvalue weighted by Gasteiger charge is -2.29. The Morgan fingerprint density at radius 1 is 1.62 bits per heavy atom. The molecule has 2 heteroatoms. The second-order valence-electron chi connectivity index (χ2n) is 4.34. The number of aliphatic imine (C=N–C) groups is 1. The molecule has 0 heterocycles. The fourth-order valence-electron chi connectivity index (χ4n) is 1.70. The van der Waals surface area contributed by atoms with Crippen LogP contribution < -0.4 is 0 Å². The summed E-state index contributed by atoms with van der Waals surface area (Å²) < 4.78 is 0. The minimum Gasteiger partial charge on any atom is -0.226 e. The zero-order valence-electron chi connectivity index (χ0n) is 8.63. The minimum atomic E-state index is 0.0279. The first kappa shape index (κ1) is 10.6. The highest BCUT2D eigenvalue weighted by Gasteiger charge is 2.26. The van der Waals surface area contributed by atoms with Gasteiger partial charge in [-0.25, -0.2) is 4.99 Å². The Kier molecular flexibility index (Phi) is 3.40. The van der Waals surface area contributed by atoms with Gasteiger partial charge >= 0.3 is 0 Å². The van der Waals surface area contributed by atoms with Crippen molar-refractivity contribution in [3.05, 3.63) is 11.6 Å². The van der Waals surface area contributed by atoms with E-state index in [9.17, 15) is 0 Å². The molecule has 0 N–H and O–H groups in total. The SMILES string of the molecule is CC(C)C1=CCC(C)(N=C=S)CC1. The number of rotatable bonds is 2. The fourth-order valence-corrected chi connectivity index (χ4v) is 1.93. The highest BCUT2D eigenvalue weighted by atomic mass is 32.1. The number of nitrogens with zero attached hydrogens (tertiary/aromatic N) is 1.